The third kappa shape index (κ3) is 4.03. The summed E-state index contributed by atoms with van der Waals surface area (Å²) in [6, 6.07) is 7.35. The van der Waals surface area contributed by atoms with Gasteiger partial charge in [-0.05, 0) is 31.2 Å². The van der Waals surface area contributed by atoms with Gasteiger partial charge >= 0.3 is 0 Å². The molecule has 0 aliphatic heterocycles. The van der Waals surface area contributed by atoms with Crippen LogP contribution < -0.4 is 5.32 Å². The van der Waals surface area contributed by atoms with Crippen LogP contribution in [0.25, 0.3) is 0 Å². The lowest BCUT2D eigenvalue weighted by Crippen LogP contribution is -2.45. The highest BCUT2D eigenvalue weighted by Gasteiger charge is 2.36. The molecule has 0 aromatic heterocycles. The topological polar surface area (TPSA) is 49.3 Å². The fourth-order valence-electron chi connectivity index (χ4n) is 2.36. The summed E-state index contributed by atoms with van der Waals surface area (Å²) in [5.74, 6) is 5.76. The maximum atomic E-state index is 12.4. The molecule has 112 valence electrons. The molecule has 2 rings (SSSR count). The van der Waals surface area contributed by atoms with Gasteiger partial charge in [0, 0.05) is 23.3 Å². The van der Waals surface area contributed by atoms with Crippen molar-refractivity contribution in [3.05, 3.63) is 35.4 Å². The average Bonchev–Trinajstić information content (AvgIpc) is 2.47. The second kappa shape index (κ2) is 7.53. The van der Waals surface area contributed by atoms with Crippen molar-refractivity contribution in [2.24, 2.45) is 0 Å². The summed E-state index contributed by atoms with van der Waals surface area (Å²) in [6.07, 6.45) is 6.13. The first-order valence-electron chi connectivity index (χ1n) is 7.23. The maximum Gasteiger partial charge on any atom is 0.252 e. The zero-order valence-corrected chi connectivity index (χ0v) is 13.1. The number of aliphatic hydroxyl groups excluding tert-OH is 1. The molecule has 4 heteroatoms. The fourth-order valence-corrected chi connectivity index (χ4v) is 3.28. The number of amides is 1. The Balaban J connectivity index is 2.04. The van der Waals surface area contributed by atoms with Crippen LogP contribution in [-0.4, -0.2) is 35.2 Å². The van der Waals surface area contributed by atoms with Gasteiger partial charge in [0.25, 0.3) is 5.91 Å². The van der Waals surface area contributed by atoms with Gasteiger partial charge in [0.1, 0.15) is 0 Å². The molecule has 1 aliphatic rings. The van der Waals surface area contributed by atoms with E-state index in [4.69, 9.17) is 5.11 Å². The molecule has 1 fully saturated rings. The van der Waals surface area contributed by atoms with Crippen molar-refractivity contribution in [1.29, 1.82) is 0 Å². The van der Waals surface area contributed by atoms with Crippen molar-refractivity contribution in [2.75, 3.05) is 19.4 Å². The first kappa shape index (κ1) is 15.9. The molecule has 2 N–H and O–H groups in total. The summed E-state index contributed by atoms with van der Waals surface area (Å²) in [5.41, 5.74) is 1.33. The van der Waals surface area contributed by atoms with Crippen LogP contribution in [0.4, 0.5) is 0 Å². The van der Waals surface area contributed by atoms with Gasteiger partial charge in [-0.2, -0.15) is 11.8 Å². The Morgan fingerprint density at radius 1 is 1.43 bits per heavy atom. The summed E-state index contributed by atoms with van der Waals surface area (Å²) >= 11 is 1.85. The normalized spacial score (nSPS) is 15.5. The van der Waals surface area contributed by atoms with Gasteiger partial charge in [-0.25, -0.2) is 0 Å². The zero-order chi connectivity index (χ0) is 15.1. The predicted molar refractivity (Wildman–Crippen MR) is 87.5 cm³/mol. The van der Waals surface area contributed by atoms with Crippen molar-refractivity contribution in [1.82, 2.24) is 5.32 Å². The van der Waals surface area contributed by atoms with Gasteiger partial charge in [0.2, 0.25) is 0 Å². The summed E-state index contributed by atoms with van der Waals surface area (Å²) in [7, 11) is 0. The number of carbonyl (C=O) groups excluding carboxylic acids is 1. The van der Waals surface area contributed by atoms with Gasteiger partial charge in [-0.15, -0.1) is 0 Å². The lowest BCUT2D eigenvalue weighted by atomic mass is 9.84. The summed E-state index contributed by atoms with van der Waals surface area (Å²) in [6.45, 7) is 0.753. The zero-order valence-electron chi connectivity index (χ0n) is 12.3. The standard InChI is InChI=1S/C17H21NO2S/c1-21-17(10-6-11-17)13-18-16(20)15-9-3-2-7-14(15)8-4-5-12-19/h2-3,7,9,19H,5-6,10-13H2,1H3,(H,18,20). The summed E-state index contributed by atoms with van der Waals surface area (Å²) < 4.78 is 0.229. The number of rotatable bonds is 5. The molecule has 0 bridgehead atoms. The smallest absolute Gasteiger partial charge is 0.252 e. The van der Waals surface area contributed by atoms with Crippen LogP contribution in [0.2, 0.25) is 0 Å². The minimum absolute atomic E-state index is 0.0393. The van der Waals surface area contributed by atoms with Crippen molar-refractivity contribution in [2.45, 2.75) is 30.4 Å². The number of nitrogens with one attached hydrogen (secondary N) is 1. The molecule has 1 saturated carbocycles. The molecule has 0 unspecified atom stereocenters. The monoisotopic (exact) mass is 303 g/mol. The molecule has 0 spiro atoms. The summed E-state index contributed by atoms with van der Waals surface area (Å²) in [5, 5.41) is 11.8. The van der Waals surface area contributed by atoms with E-state index in [1.807, 2.05) is 30.0 Å². The number of hydrogen-bond acceptors (Lipinski definition) is 3. The first-order valence-corrected chi connectivity index (χ1v) is 8.45. The maximum absolute atomic E-state index is 12.4. The quantitative estimate of drug-likeness (QED) is 0.822. The van der Waals surface area contributed by atoms with Crippen LogP contribution in [0.5, 0.6) is 0 Å². The second-order valence-electron chi connectivity index (χ2n) is 5.24. The molecule has 0 atom stereocenters. The minimum atomic E-state index is -0.0655. The first-order chi connectivity index (χ1) is 10.2. The molecular weight excluding hydrogens is 282 g/mol. The van der Waals surface area contributed by atoms with Crippen molar-refractivity contribution in [3.8, 4) is 11.8 Å². The summed E-state index contributed by atoms with van der Waals surface area (Å²) in [4.78, 5) is 12.4. The van der Waals surface area contributed by atoms with Gasteiger partial charge in [-0.1, -0.05) is 30.4 Å². The second-order valence-corrected chi connectivity index (χ2v) is 6.52. The Kier molecular flexibility index (Phi) is 5.72. The van der Waals surface area contributed by atoms with Crippen LogP contribution in [0.1, 0.15) is 41.6 Å². The molecule has 1 aromatic carbocycles. The van der Waals surface area contributed by atoms with E-state index in [1.54, 1.807) is 6.07 Å². The SMILES string of the molecule is CSC1(CNC(=O)c2ccccc2C#CCCO)CCC1. The molecule has 1 aromatic rings. The highest BCUT2D eigenvalue weighted by Crippen LogP contribution is 2.42. The molecule has 0 saturated heterocycles. The third-order valence-corrected chi connectivity index (χ3v) is 5.32. The number of hydrogen-bond donors (Lipinski definition) is 2. The minimum Gasteiger partial charge on any atom is -0.395 e. The van der Waals surface area contributed by atoms with E-state index in [2.05, 4.69) is 23.4 Å². The average molecular weight is 303 g/mol. The van der Waals surface area contributed by atoms with Crippen LogP contribution in [-0.2, 0) is 0 Å². The Labute approximate surface area is 130 Å². The van der Waals surface area contributed by atoms with Gasteiger partial charge < -0.3 is 10.4 Å². The molecule has 21 heavy (non-hydrogen) atoms. The molecule has 3 nitrogen and oxygen atoms in total. The van der Waals surface area contributed by atoms with Crippen LogP contribution >= 0.6 is 11.8 Å². The Morgan fingerprint density at radius 3 is 2.81 bits per heavy atom. The number of aliphatic hydroxyl groups is 1. The van der Waals surface area contributed by atoms with Gasteiger partial charge in [-0.3, -0.25) is 4.79 Å². The largest absolute Gasteiger partial charge is 0.395 e. The van der Waals surface area contributed by atoms with Gasteiger partial charge in [0.15, 0.2) is 0 Å². The van der Waals surface area contributed by atoms with E-state index in [9.17, 15) is 4.79 Å². The predicted octanol–water partition coefficient (Wildman–Crippen LogP) is 2.44. The Morgan fingerprint density at radius 2 is 2.19 bits per heavy atom. The van der Waals surface area contributed by atoms with Crippen LogP contribution in [0.3, 0.4) is 0 Å². The van der Waals surface area contributed by atoms with Crippen LogP contribution in [0, 0.1) is 11.8 Å². The van der Waals surface area contributed by atoms with E-state index in [1.165, 1.54) is 19.3 Å². The number of benzene rings is 1. The highest BCUT2D eigenvalue weighted by atomic mass is 32.2. The molecule has 1 amide bonds. The van der Waals surface area contributed by atoms with Crippen molar-refractivity contribution in [3.63, 3.8) is 0 Å². The van der Waals surface area contributed by atoms with E-state index in [0.29, 0.717) is 18.5 Å². The van der Waals surface area contributed by atoms with Crippen LogP contribution in [0.15, 0.2) is 24.3 Å². The van der Waals surface area contributed by atoms with Gasteiger partial charge in [0.05, 0.1) is 12.2 Å². The molecule has 1 aliphatic carbocycles. The van der Waals surface area contributed by atoms with E-state index >= 15 is 0 Å². The highest BCUT2D eigenvalue weighted by molar-refractivity contribution is 8.00. The lowest BCUT2D eigenvalue weighted by Gasteiger charge is -2.40. The fraction of sp³-hybridized carbons (Fsp3) is 0.471. The number of thioether (sulfide) groups is 1. The van der Waals surface area contributed by atoms with Crippen molar-refractivity contribution >= 4 is 17.7 Å². The third-order valence-electron chi connectivity index (χ3n) is 3.90. The Hall–Kier alpha value is -1.44. The Bertz CT molecular complexity index is 550. The van der Waals surface area contributed by atoms with E-state index in [-0.39, 0.29) is 17.3 Å². The lowest BCUT2D eigenvalue weighted by molar-refractivity contribution is 0.0943. The van der Waals surface area contributed by atoms with Crippen molar-refractivity contribution < 1.29 is 9.90 Å². The molecule has 0 heterocycles. The van der Waals surface area contributed by atoms with E-state index in [0.717, 1.165) is 5.56 Å². The van der Waals surface area contributed by atoms with E-state index < -0.39 is 0 Å². The molecule has 0 radical (unpaired) electrons. The molecular formula is C17H21NO2S. The number of carbonyl (C=O) groups is 1.